The van der Waals surface area contributed by atoms with Gasteiger partial charge in [0.05, 0.1) is 13.0 Å². The van der Waals surface area contributed by atoms with E-state index in [1.807, 2.05) is 0 Å². The summed E-state index contributed by atoms with van der Waals surface area (Å²) in [6.45, 7) is 7.23. The number of carbonyl (C=O) groups is 1. The lowest BCUT2D eigenvalue weighted by molar-refractivity contribution is -0.151. The van der Waals surface area contributed by atoms with E-state index in [1.54, 1.807) is 0 Å². The molecule has 0 aromatic heterocycles. The van der Waals surface area contributed by atoms with Crippen molar-refractivity contribution in [1.29, 1.82) is 0 Å². The van der Waals surface area contributed by atoms with Crippen molar-refractivity contribution in [3.8, 4) is 0 Å². The van der Waals surface area contributed by atoms with E-state index in [-0.39, 0.29) is 11.9 Å². The summed E-state index contributed by atoms with van der Waals surface area (Å²) in [6.07, 6.45) is 8.61. The third kappa shape index (κ3) is 4.33. The van der Waals surface area contributed by atoms with E-state index in [0.717, 1.165) is 26.1 Å². The van der Waals surface area contributed by atoms with Crippen LogP contribution in [0, 0.1) is 11.8 Å². The van der Waals surface area contributed by atoms with Crippen molar-refractivity contribution < 1.29 is 9.53 Å². The average molecular weight is 341 g/mol. The number of esters is 1. The quantitative estimate of drug-likeness (QED) is 0.552. The third-order valence-electron chi connectivity index (χ3n) is 5.67. The Hall–Kier alpha value is -1.61. The van der Waals surface area contributed by atoms with Gasteiger partial charge in [0, 0.05) is 19.6 Å². The number of unbranched alkanes of at least 4 members (excludes halogenated alkanes) is 2. The lowest BCUT2D eigenvalue weighted by Gasteiger charge is -2.39. The van der Waals surface area contributed by atoms with Crippen LogP contribution in [0.25, 0.3) is 6.08 Å². The van der Waals surface area contributed by atoms with Crippen molar-refractivity contribution in [2.24, 2.45) is 11.8 Å². The van der Waals surface area contributed by atoms with Crippen LogP contribution in [-0.4, -0.2) is 37.6 Å². The number of methoxy groups -OCH3 is 1. The van der Waals surface area contributed by atoms with Crippen LogP contribution in [0.15, 0.2) is 23.8 Å². The lowest BCUT2D eigenvalue weighted by atomic mass is 9.82. The predicted molar refractivity (Wildman–Crippen MR) is 102 cm³/mol. The highest BCUT2D eigenvalue weighted by atomic mass is 16.5. The van der Waals surface area contributed by atoms with Gasteiger partial charge in [-0.25, -0.2) is 0 Å². The summed E-state index contributed by atoms with van der Waals surface area (Å²) < 4.78 is 4.83. The van der Waals surface area contributed by atoms with Crippen LogP contribution in [0.3, 0.4) is 0 Å². The van der Waals surface area contributed by atoms with Crippen molar-refractivity contribution in [1.82, 2.24) is 4.90 Å². The molecular formula is C22H31NO2. The molecule has 3 heteroatoms. The number of benzene rings is 1. The topological polar surface area (TPSA) is 29.5 Å². The number of ether oxygens (including phenoxy) is 1. The first-order chi connectivity index (χ1) is 12.1. The highest BCUT2D eigenvalue weighted by Crippen LogP contribution is 2.31. The SMILES string of the molecule is CCCCCc1ccc2c(c1)C[C@@H](C)C(CN1CC(C(=O)OC)C1)=C2. The normalized spacial score (nSPS) is 20.6. The molecule has 136 valence electrons. The fourth-order valence-electron chi connectivity index (χ4n) is 3.99. The van der Waals surface area contributed by atoms with Crippen LogP contribution in [-0.2, 0) is 22.4 Å². The van der Waals surface area contributed by atoms with Gasteiger partial charge in [-0.15, -0.1) is 0 Å². The van der Waals surface area contributed by atoms with Gasteiger partial charge < -0.3 is 4.74 Å². The molecule has 1 fully saturated rings. The smallest absolute Gasteiger partial charge is 0.311 e. The molecule has 1 aliphatic carbocycles. The number of likely N-dealkylation sites (tertiary alicyclic amines) is 1. The van der Waals surface area contributed by atoms with Gasteiger partial charge in [0.15, 0.2) is 0 Å². The van der Waals surface area contributed by atoms with Crippen LogP contribution in [0.1, 0.15) is 49.8 Å². The van der Waals surface area contributed by atoms with Gasteiger partial charge >= 0.3 is 5.97 Å². The molecule has 2 aliphatic rings. The Labute approximate surface area is 152 Å². The Morgan fingerprint density at radius 1 is 1.28 bits per heavy atom. The number of hydrogen-bond acceptors (Lipinski definition) is 3. The van der Waals surface area contributed by atoms with E-state index in [4.69, 9.17) is 4.74 Å². The molecule has 0 amide bonds. The van der Waals surface area contributed by atoms with E-state index in [0.29, 0.717) is 5.92 Å². The zero-order chi connectivity index (χ0) is 17.8. The number of nitrogens with zero attached hydrogens (tertiary/aromatic N) is 1. The summed E-state index contributed by atoms with van der Waals surface area (Å²) in [5.41, 5.74) is 5.87. The molecule has 3 rings (SSSR count). The van der Waals surface area contributed by atoms with Gasteiger partial charge in [-0.3, -0.25) is 9.69 Å². The summed E-state index contributed by atoms with van der Waals surface area (Å²) >= 11 is 0. The number of rotatable bonds is 7. The average Bonchev–Trinajstić information content (AvgIpc) is 2.57. The maximum Gasteiger partial charge on any atom is 0.311 e. The molecule has 1 aromatic carbocycles. The molecule has 0 saturated carbocycles. The van der Waals surface area contributed by atoms with Gasteiger partial charge in [-0.1, -0.05) is 56.5 Å². The second kappa shape index (κ2) is 8.18. The second-order valence-electron chi connectivity index (χ2n) is 7.73. The largest absolute Gasteiger partial charge is 0.469 e. The third-order valence-corrected chi connectivity index (χ3v) is 5.67. The Balaban J connectivity index is 1.61. The monoisotopic (exact) mass is 341 g/mol. The molecule has 25 heavy (non-hydrogen) atoms. The zero-order valence-electron chi connectivity index (χ0n) is 15.9. The van der Waals surface area contributed by atoms with Gasteiger partial charge in [-0.2, -0.15) is 0 Å². The van der Waals surface area contributed by atoms with Gasteiger partial charge in [0.2, 0.25) is 0 Å². The number of hydrogen-bond donors (Lipinski definition) is 0. The van der Waals surface area contributed by atoms with Crippen LogP contribution >= 0.6 is 0 Å². The molecule has 0 unspecified atom stereocenters. The van der Waals surface area contributed by atoms with Crippen molar-refractivity contribution in [2.45, 2.75) is 46.0 Å². The number of carbonyl (C=O) groups excluding carboxylic acids is 1. The molecule has 0 spiro atoms. The van der Waals surface area contributed by atoms with E-state index < -0.39 is 0 Å². The molecule has 1 atom stereocenters. The minimum Gasteiger partial charge on any atom is -0.469 e. The zero-order valence-corrected chi connectivity index (χ0v) is 15.9. The highest BCUT2D eigenvalue weighted by molar-refractivity contribution is 5.74. The first kappa shape index (κ1) is 18.2. The summed E-state index contributed by atoms with van der Waals surface area (Å²) in [7, 11) is 1.48. The second-order valence-corrected chi connectivity index (χ2v) is 7.73. The van der Waals surface area contributed by atoms with Crippen molar-refractivity contribution >= 4 is 12.0 Å². The number of aryl methyl sites for hydroxylation is 1. The molecule has 0 N–H and O–H groups in total. The van der Waals surface area contributed by atoms with Gasteiger partial charge in [-0.05, 0) is 41.9 Å². The molecular weight excluding hydrogens is 310 g/mol. The van der Waals surface area contributed by atoms with Crippen molar-refractivity contribution in [2.75, 3.05) is 26.7 Å². The molecule has 0 radical (unpaired) electrons. The molecule has 0 bridgehead atoms. The lowest BCUT2D eigenvalue weighted by Crippen LogP contribution is -2.51. The van der Waals surface area contributed by atoms with Crippen LogP contribution in [0.4, 0.5) is 0 Å². The Morgan fingerprint density at radius 2 is 2.08 bits per heavy atom. The molecule has 1 heterocycles. The standard InChI is InChI=1S/C22H31NO2/c1-4-5-6-7-17-8-9-18-12-20(16(2)10-19(18)11-17)13-23-14-21(15-23)22(24)25-3/h8-9,11-12,16,21H,4-7,10,13-15H2,1-3H3/t16-/m1/s1. The summed E-state index contributed by atoms with van der Waals surface area (Å²) in [5, 5.41) is 0. The van der Waals surface area contributed by atoms with E-state index in [1.165, 1.54) is 55.1 Å². The predicted octanol–water partition coefficient (Wildman–Crippen LogP) is 4.10. The van der Waals surface area contributed by atoms with Gasteiger partial charge in [0.25, 0.3) is 0 Å². The molecule has 1 aromatic rings. The molecule has 1 aliphatic heterocycles. The fourth-order valence-corrected chi connectivity index (χ4v) is 3.99. The number of fused-ring (bicyclic) bond motifs is 1. The first-order valence-corrected chi connectivity index (χ1v) is 9.73. The summed E-state index contributed by atoms with van der Waals surface area (Å²) in [6, 6.07) is 7.02. The Morgan fingerprint density at radius 3 is 2.80 bits per heavy atom. The maximum atomic E-state index is 11.5. The molecule has 3 nitrogen and oxygen atoms in total. The maximum absolute atomic E-state index is 11.5. The van der Waals surface area contributed by atoms with Crippen LogP contribution in [0.2, 0.25) is 0 Å². The Kier molecular flexibility index (Phi) is 5.95. The highest BCUT2D eigenvalue weighted by Gasteiger charge is 2.34. The fraction of sp³-hybridized carbons (Fsp3) is 0.591. The van der Waals surface area contributed by atoms with Crippen molar-refractivity contribution in [3.05, 3.63) is 40.5 Å². The van der Waals surface area contributed by atoms with E-state index in [9.17, 15) is 4.79 Å². The first-order valence-electron chi connectivity index (χ1n) is 9.73. The summed E-state index contributed by atoms with van der Waals surface area (Å²) in [4.78, 5) is 13.9. The minimum atomic E-state index is -0.0668. The molecule has 1 saturated heterocycles. The van der Waals surface area contributed by atoms with Crippen LogP contribution in [0.5, 0.6) is 0 Å². The van der Waals surface area contributed by atoms with Crippen LogP contribution < -0.4 is 0 Å². The van der Waals surface area contributed by atoms with E-state index >= 15 is 0 Å². The minimum absolute atomic E-state index is 0.0668. The van der Waals surface area contributed by atoms with Gasteiger partial charge in [0.1, 0.15) is 0 Å². The van der Waals surface area contributed by atoms with E-state index in [2.05, 4.69) is 43.0 Å². The Bertz CT molecular complexity index is 643. The van der Waals surface area contributed by atoms with Crippen molar-refractivity contribution in [3.63, 3.8) is 0 Å². The summed E-state index contributed by atoms with van der Waals surface area (Å²) in [5.74, 6) is 0.584.